The van der Waals surface area contributed by atoms with Gasteiger partial charge in [-0.15, -0.1) is 0 Å². The highest BCUT2D eigenvalue weighted by molar-refractivity contribution is 7.92. The van der Waals surface area contributed by atoms with Crippen molar-refractivity contribution in [3.05, 3.63) is 77.7 Å². The van der Waals surface area contributed by atoms with Crippen molar-refractivity contribution in [2.24, 2.45) is 0 Å². The standard InChI is InChI=1S/C21H20N4O2S/c1-14-4-5-15(2)20(12-14)28(26,27)24-18-8-6-17(7-9-18)19-13-25-11-10-16(3)22-21(25)23-19/h4-13,24H,1-3H3. The summed E-state index contributed by atoms with van der Waals surface area (Å²) in [7, 11) is -3.65. The minimum absolute atomic E-state index is 0.290. The number of nitrogens with one attached hydrogen (secondary N) is 1. The third-order valence-electron chi connectivity index (χ3n) is 4.53. The Morgan fingerprint density at radius 3 is 2.43 bits per heavy atom. The first-order chi connectivity index (χ1) is 13.3. The maximum absolute atomic E-state index is 12.7. The maximum atomic E-state index is 12.7. The average molecular weight is 392 g/mol. The van der Waals surface area contributed by atoms with Crippen LogP contribution in [0.1, 0.15) is 16.8 Å². The summed E-state index contributed by atoms with van der Waals surface area (Å²) in [6, 6.07) is 14.5. The second-order valence-corrected chi connectivity index (χ2v) is 8.50. The van der Waals surface area contributed by atoms with E-state index in [1.165, 1.54) is 0 Å². The molecule has 0 aliphatic heterocycles. The molecule has 0 saturated heterocycles. The summed E-state index contributed by atoms with van der Waals surface area (Å²) in [5.74, 6) is 0.634. The Hall–Kier alpha value is -3.19. The molecule has 0 bridgehead atoms. The lowest BCUT2D eigenvalue weighted by molar-refractivity contribution is 0.600. The van der Waals surface area contributed by atoms with E-state index >= 15 is 0 Å². The molecule has 0 amide bonds. The maximum Gasteiger partial charge on any atom is 0.262 e. The third-order valence-corrected chi connectivity index (χ3v) is 6.05. The Morgan fingerprint density at radius 2 is 1.68 bits per heavy atom. The van der Waals surface area contributed by atoms with Crippen molar-refractivity contribution in [2.45, 2.75) is 25.7 Å². The molecular formula is C21H20N4O2S. The Labute approximate surface area is 164 Å². The number of benzene rings is 2. The Balaban J connectivity index is 1.61. The zero-order valence-electron chi connectivity index (χ0n) is 15.8. The lowest BCUT2D eigenvalue weighted by atomic mass is 10.1. The van der Waals surface area contributed by atoms with Gasteiger partial charge in [-0.2, -0.15) is 0 Å². The molecule has 0 radical (unpaired) electrons. The fourth-order valence-corrected chi connectivity index (χ4v) is 4.40. The van der Waals surface area contributed by atoms with Gasteiger partial charge in [-0.05, 0) is 56.2 Å². The average Bonchev–Trinajstić information content (AvgIpc) is 3.07. The van der Waals surface area contributed by atoms with Crippen LogP contribution in [0, 0.1) is 20.8 Å². The summed E-state index contributed by atoms with van der Waals surface area (Å²) >= 11 is 0. The summed E-state index contributed by atoms with van der Waals surface area (Å²) in [5, 5.41) is 0. The van der Waals surface area contributed by atoms with Gasteiger partial charge in [-0.3, -0.25) is 9.12 Å². The van der Waals surface area contributed by atoms with Crippen LogP contribution in [0.25, 0.3) is 17.0 Å². The number of rotatable bonds is 4. The first kappa shape index (κ1) is 18.2. The van der Waals surface area contributed by atoms with Gasteiger partial charge in [0.15, 0.2) is 0 Å². The molecule has 0 aliphatic carbocycles. The molecule has 1 N–H and O–H groups in total. The van der Waals surface area contributed by atoms with Crippen LogP contribution in [0.4, 0.5) is 5.69 Å². The lowest BCUT2D eigenvalue weighted by Gasteiger charge is -2.11. The molecule has 0 unspecified atom stereocenters. The first-order valence-electron chi connectivity index (χ1n) is 8.85. The summed E-state index contributed by atoms with van der Waals surface area (Å²) in [6.45, 7) is 5.58. The lowest BCUT2D eigenvalue weighted by Crippen LogP contribution is -2.14. The largest absolute Gasteiger partial charge is 0.291 e. The minimum Gasteiger partial charge on any atom is -0.291 e. The normalized spacial score (nSPS) is 11.7. The van der Waals surface area contributed by atoms with Crippen LogP contribution < -0.4 is 4.72 Å². The molecule has 142 valence electrons. The fraction of sp³-hybridized carbons (Fsp3) is 0.143. The molecule has 6 nitrogen and oxygen atoms in total. The summed E-state index contributed by atoms with van der Waals surface area (Å²) in [5.41, 5.74) is 4.68. The SMILES string of the molecule is Cc1ccc(C)c(S(=O)(=O)Nc2ccc(-c3cn4ccc(C)nc4n3)cc2)c1. The van der Waals surface area contributed by atoms with Crippen LogP contribution in [0.3, 0.4) is 0 Å². The quantitative estimate of drug-likeness (QED) is 0.567. The Bertz CT molecular complexity index is 1280. The molecule has 0 spiro atoms. The van der Waals surface area contributed by atoms with E-state index in [4.69, 9.17) is 0 Å². The van der Waals surface area contributed by atoms with Gasteiger partial charge in [0.2, 0.25) is 5.78 Å². The van der Waals surface area contributed by atoms with E-state index in [2.05, 4.69) is 14.7 Å². The zero-order chi connectivity index (χ0) is 19.9. The van der Waals surface area contributed by atoms with E-state index in [1.807, 2.05) is 61.0 Å². The van der Waals surface area contributed by atoms with Crippen molar-refractivity contribution in [1.82, 2.24) is 14.4 Å². The van der Waals surface area contributed by atoms with E-state index in [0.717, 1.165) is 22.5 Å². The number of sulfonamides is 1. The molecule has 0 saturated carbocycles. The molecule has 4 aromatic rings. The number of aryl methyl sites for hydroxylation is 3. The number of hydrogen-bond donors (Lipinski definition) is 1. The highest BCUT2D eigenvalue weighted by Gasteiger charge is 2.17. The highest BCUT2D eigenvalue weighted by Crippen LogP contribution is 2.24. The molecule has 2 aromatic heterocycles. The van der Waals surface area contributed by atoms with Gasteiger partial charge in [0.1, 0.15) is 0 Å². The molecule has 2 heterocycles. The van der Waals surface area contributed by atoms with Crippen LogP contribution in [0.2, 0.25) is 0 Å². The van der Waals surface area contributed by atoms with Crippen LogP contribution in [0.15, 0.2) is 65.8 Å². The van der Waals surface area contributed by atoms with Crippen LogP contribution in [0.5, 0.6) is 0 Å². The number of imidazole rings is 1. The molecule has 28 heavy (non-hydrogen) atoms. The van der Waals surface area contributed by atoms with Crippen molar-refractivity contribution in [3.8, 4) is 11.3 Å². The summed E-state index contributed by atoms with van der Waals surface area (Å²) < 4.78 is 30.0. The highest BCUT2D eigenvalue weighted by atomic mass is 32.2. The van der Waals surface area contributed by atoms with E-state index in [0.29, 0.717) is 21.9 Å². The van der Waals surface area contributed by atoms with Crippen molar-refractivity contribution in [1.29, 1.82) is 0 Å². The van der Waals surface area contributed by atoms with Gasteiger partial charge < -0.3 is 0 Å². The van der Waals surface area contributed by atoms with Gasteiger partial charge in [-0.25, -0.2) is 18.4 Å². The molecule has 4 rings (SSSR count). The second kappa shape index (κ2) is 6.76. The van der Waals surface area contributed by atoms with Crippen molar-refractivity contribution >= 4 is 21.5 Å². The summed E-state index contributed by atoms with van der Waals surface area (Å²) in [6.07, 6.45) is 3.82. The molecule has 0 fully saturated rings. The van der Waals surface area contributed by atoms with Crippen LogP contribution >= 0.6 is 0 Å². The predicted octanol–water partition coefficient (Wildman–Crippen LogP) is 4.12. The number of nitrogens with zero attached hydrogens (tertiary/aromatic N) is 3. The van der Waals surface area contributed by atoms with Gasteiger partial charge in [0, 0.05) is 29.3 Å². The number of aromatic nitrogens is 3. The number of anilines is 1. The van der Waals surface area contributed by atoms with Gasteiger partial charge in [0.25, 0.3) is 10.0 Å². The molecule has 0 aliphatic rings. The fourth-order valence-electron chi connectivity index (χ4n) is 3.01. The van der Waals surface area contributed by atoms with Crippen LogP contribution in [-0.4, -0.2) is 22.8 Å². The first-order valence-corrected chi connectivity index (χ1v) is 10.3. The third kappa shape index (κ3) is 3.48. The van der Waals surface area contributed by atoms with E-state index in [9.17, 15) is 8.42 Å². The van der Waals surface area contributed by atoms with E-state index in [-0.39, 0.29) is 0 Å². The molecule has 2 aromatic carbocycles. The zero-order valence-corrected chi connectivity index (χ0v) is 16.7. The van der Waals surface area contributed by atoms with Gasteiger partial charge >= 0.3 is 0 Å². The molecule has 0 atom stereocenters. The van der Waals surface area contributed by atoms with E-state index in [1.54, 1.807) is 25.1 Å². The number of fused-ring (bicyclic) bond motifs is 1. The molecular weight excluding hydrogens is 372 g/mol. The smallest absolute Gasteiger partial charge is 0.262 e. The Kier molecular flexibility index (Phi) is 4.39. The topological polar surface area (TPSA) is 76.4 Å². The predicted molar refractivity (Wildman–Crippen MR) is 110 cm³/mol. The van der Waals surface area contributed by atoms with Gasteiger partial charge in [0.05, 0.1) is 10.6 Å². The van der Waals surface area contributed by atoms with Crippen molar-refractivity contribution in [2.75, 3.05) is 4.72 Å². The number of hydrogen-bond acceptors (Lipinski definition) is 4. The second-order valence-electron chi connectivity index (χ2n) is 6.85. The van der Waals surface area contributed by atoms with Crippen LogP contribution in [-0.2, 0) is 10.0 Å². The van der Waals surface area contributed by atoms with E-state index < -0.39 is 10.0 Å². The summed E-state index contributed by atoms with van der Waals surface area (Å²) in [4.78, 5) is 9.22. The van der Waals surface area contributed by atoms with Crippen molar-refractivity contribution < 1.29 is 8.42 Å². The van der Waals surface area contributed by atoms with Crippen molar-refractivity contribution in [3.63, 3.8) is 0 Å². The minimum atomic E-state index is -3.65. The molecule has 7 heteroatoms. The van der Waals surface area contributed by atoms with Gasteiger partial charge in [-0.1, -0.05) is 24.3 Å². The monoisotopic (exact) mass is 392 g/mol. The Morgan fingerprint density at radius 1 is 0.929 bits per heavy atom.